The second-order valence-electron chi connectivity index (χ2n) is 11.3. The quantitative estimate of drug-likeness (QED) is 0.516. The molecule has 2 aromatic heterocycles. The molecule has 1 saturated carbocycles. The zero-order valence-corrected chi connectivity index (χ0v) is 21.5. The van der Waals surface area contributed by atoms with Crippen molar-refractivity contribution in [3.63, 3.8) is 0 Å². The molecule has 210 valence electrons. The fourth-order valence-electron chi connectivity index (χ4n) is 4.75. The van der Waals surface area contributed by atoms with E-state index >= 15 is 0 Å². The Kier molecular flexibility index (Phi) is 6.98. The second-order valence-corrected chi connectivity index (χ2v) is 11.3. The zero-order valence-electron chi connectivity index (χ0n) is 21.5. The van der Waals surface area contributed by atoms with Crippen molar-refractivity contribution in [3.05, 3.63) is 29.7 Å². The predicted molar refractivity (Wildman–Crippen MR) is 125 cm³/mol. The van der Waals surface area contributed by atoms with E-state index in [2.05, 4.69) is 15.4 Å². The number of alkyl carbamates (subject to hydrolysis) is 1. The van der Waals surface area contributed by atoms with Gasteiger partial charge in [0.15, 0.2) is 11.2 Å². The van der Waals surface area contributed by atoms with Crippen LogP contribution in [0.1, 0.15) is 70.7 Å². The van der Waals surface area contributed by atoms with Crippen molar-refractivity contribution in [1.29, 1.82) is 0 Å². The lowest BCUT2D eigenvalue weighted by Crippen LogP contribution is -2.53. The molecule has 1 aliphatic carbocycles. The van der Waals surface area contributed by atoms with Crippen molar-refractivity contribution >= 4 is 17.8 Å². The molecule has 3 amide bonds. The van der Waals surface area contributed by atoms with E-state index in [4.69, 9.17) is 4.74 Å². The SMILES string of the molecule is CC(C)(C)OC(=O)N[C@H](c1cn2ncc(CN3C[C@@](C)(C(F)(F)F)NC3=O)cc2n1)C1CCC(F)(F)CC1. The van der Waals surface area contributed by atoms with E-state index < -0.39 is 47.9 Å². The molecule has 4 rings (SSSR count). The van der Waals surface area contributed by atoms with Crippen LogP contribution >= 0.6 is 0 Å². The lowest BCUT2D eigenvalue weighted by Gasteiger charge is -2.33. The fraction of sp³-hybridized carbons (Fsp3) is 0.667. The van der Waals surface area contributed by atoms with Crippen molar-refractivity contribution in [3.8, 4) is 0 Å². The van der Waals surface area contributed by atoms with E-state index in [9.17, 15) is 31.5 Å². The highest BCUT2D eigenvalue weighted by Crippen LogP contribution is 2.41. The average molecular weight is 547 g/mol. The summed E-state index contributed by atoms with van der Waals surface area (Å²) in [6, 6.07) is 0.0134. The van der Waals surface area contributed by atoms with Gasteiger partial charge in [0.05, 0.1) is 30.7 Å². The van der Waals surface area contributed by atoms with Crippen LogP contribution < -0.4 is 10.6 Å². The normalized spacial score (nSPS) is 23.4. The summed E-state index contributed by atoms with van der Waals surface area (Å²) < 4.78 is 74.5. The number of carbonyl (C=O) groups excluding carboxylic acids is 2. The number of amides is 3. The van der Waals surface area contributed by atoms with Crippen LogP contribution in [0.2, 0.25) is 0 Å². The van der Waals surface area contributed by atoms with E-state index in [-0.39, 0.29) is 38.1 Å². The van der Waals surface area contributed by atoms with Crippen molar-refractivity contribution in [2.45, 2.75) is 89.2 Å². The van der Waals surface area contributed by atoms with Crippen molar-refractivity contribution in [2.75, 3.05) is 6.54 Å². The van der Waals surface area contributed by atoms with E-state index in [1.54, 1.807) is 33.0 Å². The summed E-state index contributed by atoms with van der Waals surface area (Å²) >= 11 is 0. The van der Waals surface area contributed by atoms with E-state index in [0.717, 1.165) is 11.8 Å². The highest BCUT2D eigenvalue weighted by molar-refractivity contribution is 5.78. The van der Waals surface area contributed by atoms with Gasteiger partial charge >= 0.3 is 18.3 Å². The fourth-order valence-corrected chi connectivity index (χ4v) is 4.75. The maximum atomic E-state index is 13.8. The number of hydrogen-bond acceptors (Lipinski definition) is 5. The molecule has 0 unspecified atom stereocenters. The van der Waals surface area contributed by atoms with Gasteiger partial charge in [-0.15, -0.1) is 0 Å². The van der Waals surface area contributed by atoms with E-state index in [1.165, 1.54) is 10.7 Å². The lowest BCUT2D eigenvalue weighted by atomic mass is 9.81. The molecule has 0 spiro atoms. The van der Waals surface area contributed by atoms with Crippen LogP contribution in [0.4, 0.5) is 31.5 Å². The lowest BCUT2D eigenvalue weighted by molar-refractivity contribution is -0.183. The highest BCUT2D eigenvalue weighted by atomic mass is 19.4. The topological polar surface area (TPSA) is 101 Å². The molecular formula is C24H31F5N6O3. The summed E-state index contributed by atoms with van der Waals surface area (Å²) in [5.41, 5.74) is -1.97. The Balaban J connectivity index is 1.56. The zero-order chi connectivity index (χ0) is 28.1. The maximum Gasteiger partial charge on any atom is 0.413 e. The molecule has 0 aromatic carbocycles. The molecule has 0 bridgehead atoms. The Hall–Kier alpha value is -3.19. The van der Waals surface area contributed by atoms with Gasteiger partial charge in [0.2, 0.25) is 5.92 Å². The molecule has 2 aromatic rings. The van der Waals surface area contributed by atoms with Crippen LogP contribution in [-0.4, -0.2) is 61.4 Å². The number of hydrogen-bond donors (Lipinski definition) is 2. The first kappa shape index (κ1) is 27.8. The van der Waals surface area contributed by atoms with Gasteiger partial charge in [-0.1, -0.05) is 0 Å². The first-order valence-corrected chi connectivity index (χ1v) is 12.3. The average Bonchev–Trinajstić information content (AvgIpc) is 3.31. The summed E-state index contributed by atoms with van der Waals surface area (Å²) in [5, 5.41) is 9.01. The molecule has 1 aliphatic heterocycles. The van der Waals surface area contributed by atoms with Crippen LogP contribution in [0.15, 0.2) is 18.5 Å². The van der Waals surface area contributed by atoms with Gasteiger partial charge in [-0.25, -0.2) is 27.9 Å². The minimum absolute atomic E-state index is 0.125. The largest absolute Gasteiger partial charge is 0.444 e. The Morgan fingerprint density at radius 2 is 1.92 bits per heavy atom. The number of nitrogens with zero attached hydrogens (tertiary/aromatic N) is 4. The van der Waals surface area contributed by atoms with Crippen LogP contribution in [-0.2, 0) is 11.3 Å². The van der Waals surface area contributed by atoms with Gasteiger partial charge in [-0.2, -0.15) is 18.3 Å². The number of alkyl halides is 5. The third-order valence-corrected chi connectivity index (χ3v) is 6.80. The Labute approximate surface area is 216 Å². The molecule has 9 nitrogen and oxygen atoms in total. The van der Waals surface area contributed by atoms with Gasteiger partial charge in [-0.3, -0.25) is 0 Å². The first-order valence-electron chi connectivity index (χ1n) is 12.3. The number of aromatic nitrogens is 3. The third kappa shape index (κ3) is 6.09. The summed E-state index contributed by atoms with van der Waals surface area (Å²) in [6.45, 7) is 5.35. The molecule has 2 aliphatic rings. The summed E-state index contributed by atoms with van der Waals surface area (Å²) in [6.07, 6.45) is -2.63. The van der Waals surface area contributed by atoms with Crippen molar-refractivity contribution in [2.24, 2.45) is 5.92 Å². The number of nitrogens with one attached hydrogen (secondary N) is 2. The minimum atomic E-state index is -4.61. The monoisotopic (exact) mass is 546 g/mol. The molecule has 0 radical (unpaired) electrons. The van der Waals surface area contributed by atoms with E-state index in [1.807, 2.05) is 5.32 Å². The van der Waals surface area contributed by atoms with Crippen molar-refractivity contribution in [1.82, 2.24) is 30.1 Å². The standard InChI is InChI=1S/C24H31F5N6O3/c1-21(2,3)38-20(37)32-18(15-5-7-23(25,26)8-6-15)16-12-35-17(31-16)9-14(10-30-35)11-34-13-22(4,24(27,28)29)33-19(34)36/h9-10,12,15,18H,5-8,11,13H2,1-4H3,(H,32,37)(H,33,36)/t18-,22-/m0/s1. The molecule has 2 atom stereocenters. The third-order valence-electron chi connectivity index (χ3n) is 6.80. The van der Waals surface area contributed by atoms with Gasteiger partial charge < -0.3 is 20.3 Å². The summed E-state index contributed by atoms with van der Waals surface area (Å²) in [7, 11) is 0. The smallest absolute Gasteiger partial charge is 0.413 e. The van der Waals surface area contributed by atoms with Crippen LogP contribution in [0.3, 0.4) is 0 Å². The van der Waals surface area contributed by atoms with Crippen molar-refractivity contribution < 1.29 is 36.3 Å². The van der Waals surface area contributed by atoms with Crippen LogP contribution in [0, 0.1) is 5.92 Å². The summed E-state index contributed by atoms with van der Waals surface area (Å²) in [4.78, 5) is 30.3. The number of rotatable bonds is 5. The number of ether oxygens (including phenoxy) is 1. The number of fused-ring (bicyclic) bond motifs is 1. The molecule has 1 saturated heterocycles. The molecule has 38 heavy (non-hydrogen) atoms. The number of imidazole rings is 1. The maximum absolute atomic E-state index is 13.8. The molecule has 2 fully saturated rings. The Morgan fingerprint density at radius 3 is 2.50 bits per heavy atom. The predicted octanol–water partition coefficient (Wildman–Crippen LogP) is 4.97. The summed E-state index contributed by atoms with van der Waals surface area (Å²) in [5.74, 6) is -3.08. The first-order chi connectivity index (χ1) is 17.4. The molecule has 14 heteroatoms. The Bertz CT molecular complexity index is 1200. The second kappa shape index (κ2) is 9.53. The number of carbonyl (C=O) groups is 2. The van der Waals surface area contributed by atoms with Gasteiger partial charge in [-0.05, 0) is 58.1 Å². The van der Waals surface area contributed by atoms with Crippen LogP contribution in [0.25, 0.3) is 5.65 Å². The molecule has 2 N–H and O–H groups in total. The van der Waals surface area contributed by atoms with Gasteiger partial charge in [0.25, 0.3) is 0 Å². The van der Waals surface area contributed by atoms with Gasteiger partial charge in [0, 0.05) is 19.4 Å². The number of halogens is 5. The van der Waals surface area contributed by atoms with Crippen LogP contribution in [0.5, 0.6) is 0 Å². The molecule has 3 heterocycles. The Morgan fingerprint density at radius 1 is 1.26 bits per heavy atom. The van der Waals surface area contributed by atoms with E-state index in [0.29, 0.717) is 16.9 Å². The number of urea groups is 1. The molecular weight excluding hydrogens is 515 g/mol. The van der Waals surface area contributed by atoms with Gasteiger partial charge in [0.1, 0.15) is 5.60 Å². The highest BCUT2D eigenvalue weighted by Gasteiger charge is 2.57. The minimum Gasteiger partial charge on any atom is -0.444 e.